The second-order valence-electron chi connectivity index (χ2n) is 5.84. The first-order chi connectivity index (χ1) is 11.5. The fraction of sp³-hybridized carbons (Fsp3) is 0.211. The molecule has 0 amide bonds. The third-order valence-electron chi connectivity index (χ3n) is 3.75. The summed E-state index contributed by atoms with van der Waals surface area (Å²) < 4.78 is 7.00. The fourth-order valence-corrected chi connectivity index (χ4v) is 2.63. The Bertz CT molecular complexity index is 849. The summed E-state index contributed by atoms with van der Waals surface area (Å²) in [5.74, 6) is -0.466. The molecule has 0 bridgehead atoms. The third-order valence-corrected chi connectivity index (χ3v) is 3.75. The van der Waals surface area contributed by atoms with E-state index >= 15 is 0 Å². The van der Waals surface area contributed by atoms with Gasteiger partial charge in [0.2, 0.25) is 0 Å². The molecule has 1 aromatic heterocycles. The molecule has 0 unspecified atom stereocenters. The highest BCUT2D eigenvalue weighted by atomic mass is 16.5. The number of ether oxygens (including phenoxy) is 1. The van der Waals surface area contributed by atoms with Crippen molar-refractivity contribution >= 4 is 5.97 Å². The lowest BCUT2D eigenvalue weighted by Crippen LogP contribution is -2.08. The number of carbonyl (C=O) groups excluding carboxylic acids is 1. The molecule has 0 aliphatic heterocycles. The van der Waals surface area contributed by atoms with Gasteiger partial charge in [-0.15, -0.1) is 5.10 Å². The van der Waals surface area contributed by atoms with Gasteiger partial charge in [0.05, 0.1) is 11.4 Å². The highest BCUT2D eigenvalue weighted by molar-refractivity contribution is 5.88. The third kappa shape index (κ3) is 3.35. The summed E-state index contributed by atoms with van der Waals surface area (Å²) in [6.45, 7) is 6.09. The number of rotatable bonds is 4. The van der Waals surface area contributed by atoms with E-state index in [4.69, 9.17) is 4.74 Å². The first-order valence-electron chi connectivity index (χ1n) is 7.76. The maximum absolute atomic E-state index is 12.3. The van der Waals surface area contributed by atoms with Crippen molar-refractivity contribution in [2.45, 2.75) is 27.4 Å². The van der Waals surface area contributed by atoms with Crippen molar-refractivity contribution in [1.29, 1.82) is 0 Å². The number of hydrogen-bond donors (Lipinski definition) is 0. The quantitative estimate of drug-likeness (QED) is 0.690. The SMILES string of the molecule is Cc1cc(C)cc(-n2nnc(C(=O)OCc3ccccc3)c2C)c1. The highest BCUT2D eigenvalue weighted by Gasteiger charge is 2.19. The van der Waals surface area contributed by atoms with Gasteiger partial charge < -0.3 is 4.74 Å². The highest BCUT2D eigenvalue weighted by Crippen LogP contribution is 2.17. The average Bonchev–Trinajstić information content (AvgIpc) is 2.94. The van der Waals surface area contributed by atoms with E-state index in [1.807, 2.05) is 63.2 Å². The first kappa shape index (κ1) is 15.9. The molecule has 122 valence electrons. The summed E-state index contributed by atoms with van der Waals surface area (Å²) in [5, 5.41) is 8.11. The van der Waals surface area contributed by atoms with Crippen LogP contribution in [0.4, 0.5) is 0 Å². The van der Waals surface area contributed by atoms with E-state index < -0.39 is 5.97 Å². The lowest BCUT2D eigenvalue weighted by molar-refractivity contribution is 0.0464. The van der Waals surface area contributed by atoms with Crippen LogP contribution in [0.3, 0.4) is 0 Å². The van der Waals surface area contributed by atoms with Crippen LogP contribution in [0, 0.1) is 20.8 Å². The maximum atomic E-state index is 12.3. The van der Waals surface area contributed by atoms with Crippen molar-refractivity contribution in [3.05, 3.63) is 76.6 Å². The van der Waals surface area contributed by atoms with Crippen LogP contribution < -0.4 is 0 Å². The van der Waals surface area contributed by atoms with Gasteiger partial charge in [-0.25, -0.2) is 9.48 Å². The molecule has 5 nitrogen and oxygen atoms in total. The van der Waals surface area contributed by atoms with Crippen molar-refractivity contribution in [1.82, 2.24) is 15.0 Å². The van der Waals surface area contributed by atoms with Gasteiger partial charge in [0.15, 0.2) is 5.69 Å². The molecule has 0 aliphatic rings. The molecule has 5 heteroatoms. The van der Waals surface area contributed by atoms with Gasteiger partial charge >= 0.3 is 5.97 Å². The van der Waals surface area contributed by atoms with Crippen molar-refractivity contribution < 1.29 is 9.53 Å². The Kier molecular flexibility index (Phi) is 4.42. The van der Waals surface area contributed by atoms with Gasteiger partial charge in [-0.3, -0.25) is 0 Å². The van der Waals surface area contributed by atoms with E-state index in [-0.39, 0.29) is 12.3 Å². The minimum absolute atomic E-state index is 0.218. The van der Waals surface area contributed by atoms with Crippen LogP contribution in [-0.4, -0.2) is 21.0 Å². The molecule has 0 N–H and O–H groups in total. The first-order valence-corrected chi connectivity index (χ1v) is 7.76. The normalized spacial score (nSPS) is 10.6. The summed E-state index contributed by atoms with van der Waals surface area (Å²) >= 11 is 0. The Labute approximate surface area is 140 Å². The van der Waals surface area contributed by atoms with Crippen LogP contribution in [0.5, 0.6) is 0 Å². The van der Waals surface area contributed by atoms with Gasteiger partial charge in [-0.2, -0.15) is 0 Å². The Hall–Kier alpha value is -2.95. The molecule has 0 spiro atoms. The zero-order valence-electron chi connectivity index (χ0n) is 14.0. The van der Waals surface area contributed by atoms with Crippen LogP contribution in [-0.2, 0) is 11.3 Å². The van der Waals surface area contributed by atoms with E-state index in [0.29, 0.717) is 5.69 Å². The molecule has 3 aromatic rings. The van der Waals surface area contributed by atoms with Gasteiger partial charge in [0.25, 0.3) is 0 Å². The lowest BCUT2D eigenvalue weighted by atomic mass is 10.1. The number of aromatic nitrogens is 3. The summed E-state index contributed by atoms with van der Waals surface area (Å²) in [5.41, 5.74) is 4.99. The molecule has 3 rings (SSSR count). The Morgan fingerprint density at radius 3 is 2.38 bits per heavy atom. The molecule has 0 saturated heterocycles. The van der Waals surface area contributed by atoms with Crippen molar-refractivity contribution in [3.63, 3.8) is 0 Å². The van der Waals surface area contributed by atoms with Gasteiger partial charge in [-0.1, -0.05) is 41.6 Å². The summed E-state index contributed by atoms with van der Waals surface area (Å²) in [6, 6.07) is 15.7. The number of carbonyl (C=O) groups is 1. The average molecular weight is 321 g/mol. The molecule has 0 radical (unpaired) electrons. The molecule has 24 heavy (non-hydrogen) atoms. The number of benzene rings is 2. The number of nitrogens with zero attached hydrogens (tertiary/aromatic N) is 3. The minimum Gasteiger partial charge on any atom is -0.456 e. The van der Waals surface area contributed by atoms with Crippen LogP contribution >= 0.6 is 0 Å². The summed E-state index contributed by atoms with van der Waals surface area (Å²) in [4.78, 5) is 12.3. The molecule has 1 heterocycles. The predicted molar refractivity (Wildman–Crippen MR) is 91.1 cm³/mol. The Balaban J connectivity index is 1.80. The van der Waals surface area contributed by atoms with E-state index in [2.05, 4.69) is 16.4 Å². The van der Waals surface area contributed by atoms with E-state index in [1.54, 1.807) is 4.68 Å². The molecule has 0 saturated carbocycles. The zero-order chi connectivity index (χ0) is 17.1. The van der Waals surface area contributed by atoms with E-state index in [0.717, 1.165) is 22.4 Å². The predicted octanol–water partition coefficient (Wildman–Crippen LogP) is 3.55. The van der Waals surface area contributed by atoms with Crippen LogP contribution in [0.15, 0.2) is 48.5 Å². The Morgan fingerprint density at radius 2 is 1.71 bits per heavy atom. The van der Waals surface area contributed by atoms with Gasteiger partial charge in [-0.05, 0) is 49.6 Å². The lowest BCUT2D eigenvalue weighted by Gasteiger charge is -2.07. The Morgan fingerprint density at radius 1 is 1.04 bits per heavy atom. The molecule has 0 aliphatic carbocycles. The van der Waals surface area contributed by atoms with E-state index in [9.17, 15) is 4.79 Å². The van der Waals surface area contributed by atoms with Gasteiger partial charge in [0.1, 0.15) is 6.61 Å². The number of esters is 1. The van der Waals surface area contributed by atoms with Crippen LogP contribution in [0.1, 0.15) is 32.9 Å². The monoisotopic (exact) mass is 321 g/mol. The second-order valence-corrected chi connectivity index (χ2v) is 5.84. The largest absolute Gasteiger partial charge is 0.456 e. The topological polar surface area (TPSA) is 57.0 Å². The van der Waals surface area contributed by atoms with Crippen LogP contribution in [0.25, 0.3) is 5.69 Å². The molecular formula is C19H19N3O2. The van der Waals surface area contributed by atoms with Crippen molar-refractivity contribution in [2.24, 2.45) is 0 Å². The number of aryl methyl sites for hydroxylation is 2. The maximum Gasteiger partial charge on any atom is 0.361 e. The second kappa shape index (κ2) is 6.66. The molecule has 0 atom stereocenters. The molecule has 0 fully saturated rings. The summed E-state index contributed by atoms with van der Waals surface area (Å²) in [7, 11) is 0. The smallest absolute Gasteiger partial charge is 0.361 e. The summed E-state index contributed by atoms with van der Waals surface area (Å²) in [6.07, 6.45) is 0. The van der Waals surface area contributed by atoms with Crippen molar-refractivity contribution in [3.8, 4) is 5.69 Å². The zero-order valence-corrected chi connectivity index (χ0v) is 14.0. The molecular weight excluding hydrogens is 302 g/mol. The fourth-order valence-electron chi connectivity index (χ4n) is 2.63. The van der Waals surface area contributed by atoms with Gasteiger partial charge in [0, 0.05) is 0 Å². The molecule has 2 aromatic carbocycles. The standard InChI is InChI=1S/C19H19N3O2/c1-13-9-14(2)11-17(10-13)22-15(3)18(20-21-22)19(23)24-12-16-7-5-4-6-8-16/h4-11H,12H2,1-3H3. The minimum atomic E-state index is -0.466. The van der Waals surface area contributed by atoms with E-state index in [1.165, 1.54) is 0 Å². The van der Waals surface area contributed by atoms with Crippen molar-refractivity contribution in [2.75, 3.05) is 0 Å². The van der Waals surface area contributed by atoms with Crippen LogP contribution in [0.2, 0.25) is 0 Å². The number of hydrogen-bond acceptors (Lipinski definition) is 4.